The van der Waals surface area contributed by atoms with Gasteiger partial charge in [0.2, 0.25) is 0 Å². The molecule has 0 saturated carbocycles. The molecule has 0 aromatic heterocycles. The topological polar surface area (TPSA) is 44.5 Å². The predicted molar refractivity (Wildman–Crippen MR) is 140 cm³/mol. The quantitative estimate of drug-likeness (QED) is 0.219. The van der Waals surface area contributed by atoms with Gasteiger partial charge in [-0.05, 0) is 60.2 Å². The summed E-state index contributed by atoms with van der Waals surface area (Å²) in [6, 6.07) is 10.6. The van der Waals surface area contributed by atoms with Gasteiger partial charge in [0, 0.05) is 42.7 Å². The van der Waals surface area contributed by atoms with Gasteiger partial charge in [-0.1, -0.05) is 61.8 Å². The fraction of sp³-hybridized carbons (Fsp3) is 0.360. The zero-order valence-electron chi connectivity index (χ0n) is 19.0. The zero-order chi connectivity index (χ0) is 24.0. The Labute approximate surface area is 210 Å². The van der Waals surface area contributed by atoms with Crippen molar-refractivity contribution in [2.45, 2.75) is 37.6 Å². The minimum absolute atomic E-state index is 0.0880. The predicted octanol–water partition coefficient (Wildman–Crippen LogP) is 6.45. The van der Waals surface area contributed by atoms with E-state index in [2.05, 4.69) is 42.9 Å². The van der Waals surface area contributed by atoms with Crippen molar-refractivity contribution in [3.8, 4) is 0 Å². The molecule has 3 N–H and O–H groups in total. The summed E-state index contributed by atoms with van der Waals surface area (Å²) in [4.78, 5) is 3.06. The Balaban J connectivity index is 1.88. The third-order valence-electron chi connectivity index (χ3n) is 5.70. The number of anilines is 1. The van der Waals surface area contributed by atoms with E-state index >= 15 is 4.39 Å². The lowest BCUT2D eigenvalue weighted by Crippen LogP contribution is -2.52. The Morgan fingerprint density at radius 1 is 1.21 bits per heavy atom. The van der Waals surface area contributed by atoms with E-state index in [1.807, 2.05) is 18.2 Å². The van der Waals surface area contributed by atoms with Crippen molar-refractivity contribution >= 4 is 40.8 Å². The summed E-state index contributed by atoms with van der Waals surface area (Å²) < 4.78 is 15.2. The van der Waals surface area contributed by atoms with Crippen LogP contribution in [0.25, 0.3) is 0 Å². The number of nitrogens with one attached hydrogen (secondary N) is 1. The Morgan fingerprint density at radius 3 is 2.61 bits per heavy atom. The van der Waals surface area contributed by atoms with Crippen LogP contribution in [-0.2, 0) is 6.42 Å². The maximum atomic E-state index is 15.2. The number of allylic oxidation sites excluding steroid dienone is 1. The Kier molecular flexibility index (Phi) is 9.68. The van der Waals surface area contributed by atoms with E-state index in [0.717, 1.165) is 43.6 Å². The molecule has 0 aliphatic carbocycles. The first kappa shape index (κ1) is 26.1. The molecule has 1 aliphatic heterocycles. The molecule has 1 aliphatic rings. The highest BCUT2D eigenvalue weighted by atomic mass is 35.5. The Morgan fingerprint density at radius 2 is 2.00 bits per heavy atom. The van der Waals surface area contributed by atoms with E-state index in [1.54, 1.807) is 17.1 Å². The smallest absolute Gasteiger partial charge is 0.149 e. The van der Waals surface area contributed by atoms with Crippen molar-refractivity contribution in [1.82, 2.24) is 10.3 Å². The average Bonchev–Trinajstić information content (AvgIpc) is 2.79. The van der Waals surface area contributed by atoms with Crippen molar-refractivity contribution in [2.75, 3.05) is 24.6 Å². The van der Waals surface area contributed by atoms with Crippen molar-refractivity contribution in [2.24, 2.45) is 11.1 Å². The van der Waals surface area contributed by atoms with E-state index < -0.39 is 0 Å². The highest BCUT2D eigenvalue weighted by molar-refractivity contribution is 7.97. The molecule has 0 fully saturated rings. The number of hydrazine groups is 1. The fourth-order valence-electron chi connectivity index (χ4n) is 3.74. The van der Waals surface area contributed by atoms with Crippen LogP contribution < -0.4 is 15.6 Å². The SMILES string of the molecule is C=C(Cc1ccc(Cl)c(Cl)c1)N(NC(CN1CC=CCC1)C(C)C)c1ccc(SN)cc1F. The summed E-state index contributed by atoms with van der Waals surface area (Å²) >= 11 is 13.3. The van der Waals surface area contributed by atoms with Crippen LogP contribution in [-0.4, -0.2) is 30.6 Å². The standard InChI is InChI=1S/C25H31Cl2FN4S/c1-17(2)24(16-31-11-5-4-6-12-31)30-32(25-10-8-20(33-29)15-23(25)28)18(3)13-19-7-9-21(26)22(27)14-19/h4-5,7-10,14-15,17,24,30H,3,6,11-13,16,29H2,1-2H3. The van der Waals surface area contributed by atoms with Crippen LogP contribution >= 0.6 is 35.1 Å². The van der Waals surface area contributed by atoms with E-state index in [-0.39, 0.29) is 11.9 Å². The first-order valence-corrected chi connectivity index (χ1v) is 12.6. The van der Waals surface area contributed by atoms with Gasteiger partial charge in [-0.2, -0.15) is 0 Å². The molecule has 4 nitrogen and oxygen atoms in total. The van der Waals surface area contributed by atoms with Gasteiger partial charge in [0.15, 0.2) is 0 Å². The molecule has 178 valence electrons. The minimum atomic E-state index is -0.364. The van der Waals surface area contributed by atoms with Gasteiger partial charge in [-0.25, -0.2) is 9.82 Å². The number of hydrogen-bond donors (Lipinski definition) is 2. The molecule has 2 aromatic rings. The third-order valence-corrected chi connectivity index (χ3v) is 6.97. The molecule has 1 unspecified atom stereocenters. The van der Waals surface area contributed by atoms with Crippen molar-refractivity contribution < 1.29 is 4.39 Å². The van der Waals surface area contributed by atoms with Crippen LogP contribution in [0.5, 0.6) is 0 Å². The Bertz CT molecular complexity index is 998. The summed E-state index contributed by atoms with van der Waals surface area (Å²) in [6.45, 7) is 11.4. The van der Waals surface area contributed by atoms with Crippen molar-refractivity contribution in [1.29, 1.82) is 0 Å². The fourth-order valence-corrected chi connectivity index (χ4v) is 4.38. The van der Waals surface area contributed by atoms with Crippen molar-refractivity contribution in [3.05, 3.63) is 82.3 Å². The van der Waals surface area contributed by atoms with Gasteiger partial charge >= 0.3 is 0 Å². The molecule has 0 amide bonds. The molecule has 0 saturated heterocycles. The number of nitrogens with two attached hydrogens (primary N) is 1. The molecule has 1 heterocycles. The zero-order valence-corrected chi connectivity index (χ0v) is 21.4. The highest BCUT2D eigenvalue weighted by Gasteiger charge is 2.24. The normalized spacial score (nSPS) is 15.1. The summed E-state index contributed by atoms with van der Waals surface area (Å²) in [6.07, 6.45) is 5.94. The molecule has 0 radical (unpaired) electrons. The molecule has 3 rings (SSSR count). The van der Waals surface area contributed by atoms with E-state index in [1.165, 1.54) is 6.07 Å². The molecule has 0 spiro atoms. The number of nitrogens with zero attached hydrogens (tertiary/aromatic N) is 2. The number of rotatable bonds is 10. The first-order chi connectivity index (χ1) is 15.8. The molecular weight excluding hydrogens is 478 g/mol. The van der Waals surface area contributed by atoms with Crippen LogP contribution in [0.2, 0.25) is 10.0 Å². The minimum Gasteiger partial charge on any atom is -0.298 e. The largest absolute Gasteiger partial charge is 0.298 e. The molecule has 2 aromatic carbocycles. The second-order valence-electron chi connectivity index (χ2n) is 8.56. The van der Waals surface area contributed by atoms with Gasteiger partial charge in [-0.3, -0.25) is 15.0 Å². The first-order valence-electron chi connectivity index (χ1n) is 11.0. The monoisotopic (exact) mass is 508 g/mol. The Hall–Kier alpha value is -1.54. The van der Waals surface area contributed by atoms with Gasteiger partial charge in [0.05, 0.1) is 15.7 Å². The van der Waals surface area contributed by atoms with Crippen LogP contribution in [0.4, 0.5) is 10.1 Å². The van der Waals surface area contributed by atoms with Crippen LogP contribution in [0.3, 0.4) is 0 Å². The highest BCUT2D eigenvalue weighted by Crippen LogP contribution is 2.29. The molecule has 0 bridgehead atoms. The maximum absolute atomic E-state index is 15.2. The average molecular weight is 510 g/mol. The molecular formula is C25H31Cl2FN4S. The molecule has 1 atom stereocenters. The van der Waals surface area contributed by atoms with Crippen LogP contribution in [0, 0.1) is 11.7 Å². The second kappa shape index (κ2) is 12.2. The molecule has 33 heavy (non-hydrogen) atoms. The number of halogens is 3. The van der Waals surface area contributed by atoms with Crippen LogP contribution in [0.15, 0.2) is 65.7 Å². The van der Waals surface area contributed by atoms with Gasteiger partial charge < -0.3 is 0 Å². The van der Waals surface area contributed by atoms with Gasteiger partial charge in [0.1, 0.15) is 5.82 Å². The van der Waals surface area contributed by atoms with Crippen molar-refractivity contribution in [3.63, 3.8) is 0 Å². The van der Waals surface area contributed by atoms with E-state index in [0.29, 0.717) is 38.7 Å². The van der Waals surface area contributed by atoms with Gasteiger partial charge in [-0.15, -0.1) is 0 Å². The third kappa shape index (κ3) is 7.22. The maximum Gasteiger partial charge on any atom is 0.149 e. The summed E-state index contributed by atoms with van der Waals surface area (Å²) in [5.74, 6) is -0.0465. The van der Waals surface area contributed by atoms with E-state index in [4.69, 9.17) is 28.3 Å². The summed E-state index contributed by atoms with van der Waals surface area (Å²) in [5.41, 5.74) is 5.62. The summed E-state index contributed by atoms with van der Waals surface area (Å²) in [7, 11) is 0. The van der Waals surface area contributed by atoms with E-state index in [9.17, 15) is 0 Å². The lowest BCUT2D eigenvalue weighted by Gasteiger charge is -2.37. The summed E-state index contributed by atoms with van der Waals surface area (Å²) in [5, 5.41) is 8.38. The number of benzene rings is 2. The van der Waals surface area contributed by atoms with Gasteiger partial charge in [0.25, 0.3) is 0 Å². The number of hydrogen-bond acceptors (Lipinski definition) is 5. The van der Waals surface area contributed by atoms with Crippen LogP contribution in [0.1, 0.15) is 25.8 Å². The molecule has 8 heteroatoms. The lowest BCUT2D eigenvalue weighted by molar-refractivity contribution is 0.231. The lowest BCUT2D eigenvalue weighted by atomic mass is 10.0. The second-order valence-corrected chi connectivity index (χ2v) is 10.1.